The Balaban J connectivity index is 2.02. The number of rotatable bonds is 5. The van der Waals surface area contributed by atoms with Crippen molar-refractivity contribution in [2.24, 2.45) is 11.1 Å². The third-order valence-corrected chi connectivity index (χ3v) is 5.49. The Labute approximate surface area is 136 Å². The van der Waals surface area contributed by atoms with Crippen molar-refractivity contribution in [1.82, 2.24) is 5.32 Å². The first-order chi connectivity index (χ1) is 10.0. The summed E-state index contributed by atoms with van der Waals surface area (Å²) in [6.45, 7) is 2.04. The number of nitrogens with one attached hydrogen (secondary N) is 1. The van der Waals surface area contributed by atoms with Crippen molar-refractivity contribution in [2.75, 3.05) is 0 Å². The first-order valence-electron chi connectivity index (χ1n) is 7.66. The third-order valence-electron chi connectivity index (χ3n) is 4.36. The van der Waals surface area contributed by atoms with Crippen LogP contribution in [0.15, 0.2) is 16.8 Å². The molecule has 21 heavy (non-hydrogen) atoms. The normalized spacial score (nSPS) is 19.5. The molecule has 0 radical (unpaired) electrons. The van der Waals surface area contributed by atoms with E-state index in [1.165, 1.54) is 18.4 Å². The molecule has 3 N–H and O–H groups in total. The minimum atomic E-state index is -0.630. The Bertz CT molecular complexity index is 476. The lowest BCUT2D eigenvalue weighted by molar-refractivity contribution is -0.128. The molecule has 0 aromatic carbocycles. The van der Waals surface area contributed by atoms with Gasteiger partial charge in [0.1, 0.15) is 0 Å². The van der Waals surface area contributed by atoms with Crippen molar-refractivity contribution in [3.63, 3.8) is 0 Å². The molecule has 1 aliphatic carbocycles. The largest absolute Gasteiger partial charge is 0.392 e. The molecular formula is C16H24N2OS2. The van der Waals surface area contributed by atoms with Gasteiger partial charge in [0.25, 0.3) is 0 Å². The molecule has 1 heterocycles. The Kier molecular flexibility index (Phi) is 5.76. The van der Waals surface area contributed by atoms with Crippen LogP contribution in [0.1, 0.15) is 51.0 Å². The summed E-state index contributed by atoms with van der Waals surface area (Å²) >= 11 is 6.93. The van der Waals surface area contributed by atoms with Crippen LogP contribution in [0.5, 0.6) is 0 Å². The number of hydrogen-bond donors (Lipinski definition) is 2. The molecule has 0 bridgehead atoms. The van der Waals surface area contributed by atoms with Crippen LogP contribution in [0.2, 0.25) is 0 Å². The lowest BCUT2D eigenvalue weighted by Gasteiger charge is -2.31. The maximum absolute atomic E-state index is 12.8. The average molecular weight is 325 g/mol. The molecule has 1 aromatic rings. The Morgan fingerprint density at radius 3 is 2.62 bits per heavy atom. The van der Waals surface area contributed by atoms with E-state index in [0.717, 1.165) is 32.1 Å². The summed E-state index contributed by atoms with van der Waals surface area (Å²) in [6.07, 6.45) is 6.83. The van der Waals surface area contributed by atoms with Gasteiger partial charge in [-0.1, -0.05) is 37.9 Å². The first kappa shape index (κ1) is 16.4. The maximum Gasteiger partial charge on any atom is 0.233 e. The Hall–Kier alpha value is -0.940. The highest BCUT2D eigenvalue weighted by molar-refractivity contribution is 7.80. The second-order valence-electron chi connectivity index (χ2n) is 6.07. The summed E-state index contributed by atoms with van der Waals surface area (Å²) in [7, 11) is 0. The minimum Gasteiger partial charge on any atom is -0.392 e. The average Bonchev–Trinajstić information content (AvgIpc) is 2.79. The zero-order valence-electron chi connectivity index (χ0n) is 12.6. The molecule has 1 aromatic heterocycles. The van der Waals surface area contributed by atoms with E-state index in [1.807, 2.05) is 6.92 Å². The SMILES string of the molecule is CC(Cc1ccsc1)NC(=O)C1(C(N)=S)CCCCCC1. The van der Waals surface area contributed by atoms with Gasteiger partial charge in [0.05, 0.1) is 10.4 Å². The fourth-order valence-electron chi connectivity index (χ4n) is 3.09. The lowest BCUT2D eigenvalue weighted by Crippen LogP contribution is -2.51. The van der Waals surface area contributed by atoms with Gasteiger partial charge in [-0.25, -0.2) is 0 Å². The topological polar surface area (TPSA) is 55.1 Å². The molecule has 1 amide bonds. The number of carbonyl (C=O) groups is 1. The van der Waals surface area contributed by atoms with E-state index in [1.54, 1.807) is 11.3 Å². The van der Waals surface area contributed by atoms with Crippen LogP contribution in [0.25, 0.3) is 0 Å². The van der Waals surface area contributed by atoms with Crippen LogP contribution in [-0.4, -0.2) is 16.9 Å². The molecule has 0 saturated heterocycles. The van der Waals surface area contributed by atoms with Gasteiger partial charge in [-0.3, -0.25) is 4.79 Å². The van der Waals surface area contributed by atoms with E-state index in [4.69, 9.17) is 18.0 Å². The number of hydrogen-bond acceptors (Lipinski definition) is 3. The van der Waals surface area contributed by atoms with Crippen molar-refractivity contribution in [2.45, 2.75) is 57.9 Å². The van der Waals surface area contributed by atoms with Gasteiger partial charge in [0.15, 0.2) is 0 Å². The summed E-state index contributed by atoms with van der Waals surface area (Å²) in [4.78, 5) is 13.1. The van der Waals surface area contributed by atoms with Gasteiger partial charge in [-0.15, -0.1) is 0 Å². The molecule has 1 unspecified atom stereocenters. The molecule has 5 heteroatoms. The summed E-state index contributed by atoms with van der Waals surface area (Å²) < 4.78 is 0. The van der Waals surface area contributed by atoms with Gasteiger partial charge < -0.3 is 11.1 Å². The fourth-order valence-corrected chi connectivity index (χ4v) is 4.07. The van der Waals surface area contributed by atoms with Crippen molar-refractivity contribution in [3.8, 4) is 0 Å². The van der Waals surface area contributed by atoms with Gasteiger partial charge >= 0.3 is 0 Å². The molecule has 0 spiro atoms. The van der Waals surface area contributed by atoms with E-state index in [2.05, 4.69) is 22.1 Å². The van der Waals surface area contributed by atoms with Gasteiger partial charge in [-0.2, -0.15) is 11.3 Å². The van der Waals surface area contributed by atoms with Crippen LogP contribution in [-0.2, 0) is 11.2 Å². The van der Waals surface area contributed by atoms with Crippen molar-refractivity contribution in [3.05, 3.63) is 22.4 Å². The Morgan fingerprint density at radius 1 is 1.43 bits per heavy atom. The molecule has 1 aliphatic rings. The van der Waals surface area contributed by atoms with Crippen molar-refractivity contribution < 1.29 is 4.79 Å². The second kappa shape index (κ2) is 7.36. The molecule has 1 atom stereocenters. The fraction of sp³-hybridized carbons (Fsp3) is 0.625. The first-order valence-corrected chi connectivity index (χ1v) is 9.02. The highest BCUT2D eigenvalue weighted by Crippen LogP contribution is 2.36. The van der Waals surface area contributed by atoms with E-state index in [-0.39, 0.29) is 11.9 Å². The molecule has 1 saturated carbocycles. The molecule has 3 nitrogen and oxygen atoms in total. The predicted molar refractivity (Wildman–Crippen MR) is 92.5 cm³/mol. The minimum absolute atomic E-state index is 0.0274. The molecular weight excluding hydrogens is 300 g/mol. The van der Waals surface area contributed by atoms with E-state index < -0.39 is 5.41 Å². The zero-order valence-corrected chi connectivity index (χ0v) is 14.2. The van der Waals surface area contributed by atoms with Gasteiger partial charge in [0, 0.05) is 6.04 Å². The Morgan fingerprint density at radius 2 is 2.10 bits per heavy atom. The summed E-state index contributed by atoms with van der Waals surface area (Å²) in [5, 5.41) is 7.32. The molecule has 116 valence electrons. The highest BCUT2D eigenvalue weighted by Gasteiger charge is 2.41. The van der Waals surface area contributed by atoms with Crippen LogP contribution in [0, 0.1) is 5.41 Å². The van der Waals surface area contributed by atoms with Crippen LogP contribution in [0.3, 0.4) is 0 Å². The zero-order chi connectivity index (χ0) is 15.3. The van der Waals surface area contributed by atoms with Gasteiger partial charge in [-0.05, 0) is 48.6 Å². The maximum atomic E-state index is 12.8. The second-order valence-corrected chi connectivity index (χ2v) is 7.29. The van der Waals surface area contributed by atoms with E-state index in [9.17, 15) is 4.79 Å². The molecule has 0 aliphatic heterocycles. The lowest BCUT2D eigenvalue weighted by atomic mass is 9.79. The standard InChI is InChI=1S/C16H24N2OS2/c1-12(10-13-6-9-21-11-13)18-15(19)16(14(17)20)7-4-2-3-5-8-16/h6,9,11-12H,2-5,7-8,10H2,1H3,(H2,17,20)(H,18,19). The number of carbonyl (C=O) groups excluding carboxylic acids is 1. The van der Waals surface area contributed by atoms with Crippen molar-refractivity contribution in [1.29, 1.82) is 0 Å². The van der Waals surface area contributed by atoms with Crippen LogP contribution >= 0.6 is 23.6 Å². The van der Waals surface area contributed by atoms with E-state index in [0.29, 0.717) is 4.99 Å². The monoisotopic (exact) mass is 324 g/mol. The predicted octanol–water partition coefficient (Wildman–Crippen LogP) is 3.42. The number of amides is 1. The molecule has 1 fully saturated rings. The third kappa shape index (κ3) is 4.04. The number of thiophene rings is 1. The van der Waals surface area contributed by atoms with Crippen LogP contribution in [0.4, 0.5) is 0 Å². The summed E-state index contributed by atoms with van der Waals surface area (Å²) in [5.41, 5.74) is 6.59. The quantitative estimate of drug-likeness (QED) is 0.644. The molecule has 2 rings (SSSR count). The smallest absolute Gasteiger partial charge is 0.233 e. The van der Waals surface area contributed by atoms with Gasteiger partial charge in [0.2, 0.25) is 5.91 Å². The number of thiocarbonyl (C=S) groups is 1. The van der Waals surface area contributed by atoms with E-state index >= 15 is 0 Å². The number of nitrogens with two attached hydrogens (primary N) is 1. The summed E-state index contributed by atoms with van der Waals surface area (Å²) in [5.74, 6) is 0.0274. The van der Waals surface area contributed by atoms with Crippen molar-refractivity contribution >= 4 is 34.5 Å². The van der Waals surface area contributed by atoms with Crippen LogP contribution < -0.4 is 11.1 Å². The summed E-state index contributed by atoms with van der Waals surface area (Å²) in [6, 6.07) is 2.20. The highest BCUT2D eigenvalue weighted by atomic mass is 32.1.